The van der Waals surface area contributed by atoms with Crippen molar-refractivity contribution in [2.24, 2.45) is 5.41 Å². The molecule has 0 amide bonds. The minimum atomic E-state index is -0.472. The molecule has 5 nitrogen and oxygen atoms in total. The Morgan fingerprint density at radius 2 is 2.08 bits per heavy atom. The first-order chi connectivity index (χ1) is 12.5. The molecule has 1 aromatic carbocycles. The van der Waals surface area contributed by atoms with Crippen LogP contribution >= 0.6 is 0 Å². The van der Waals surface area contributed by atoms with Crippen LogP contribution in [0, 0.1) is 19.3 Å². The van der Waals surface area contributed by atoms with Crippen molar-refractivity contribution < 1.29 is 10.2 Å². The largest absolute Gasteiger partial charge is 0.396 e. The Balaban J connectivity index is 1.71. The van der Waals surface area contributed by atoms with Crippen LogP contribution in [0.2, 0.25) is 0 Å². The standard InChI is InChI=1S/C21H31N3O2/c1-4-8-21(15-25)9-10-23(14-20(21)26)13-18-6-5-7-19(12-18)24-17(3)11-16(2)22-24/h5-7,11-12,20,25-26H,4,8-10,13-15H2,1-3H3/t20-,21+/m0/s1. The number of aromatic nitrogens is 2. The quantitative estimate of drug-likeness (QED) is 0.835. The van der Waals surface area contributed by atoms with Crippen molar-refractivity contribution >= 4 is 0 Å². The Labute approximate surface area is 156 Å². The van der Waals surface area contributed by atoms with Crippen LogP contribution in [0.3, 0.4) is 0 Å². The SMILES string of the molecule is CCC[C@]1(CO)CCN(Cc2cccc(-n3nc(C)cc3C)c2)C[C@@H]1O. The van der Waals surface area contributed by atoms with E-state index in [-0.39, 0.29) is 12.0 Å². The van der Waals surface area contributed by atoms with Gasteiger partial charge in [-0.1, -0.05) is 25.5 Å². The summed E-state index contributed by atoms with van der Waals surface area (Å²) in [5.41, 5.74) is 4.11. The predicted molar refractivity (Wildman–Crippen MR) is 103 cm³/mol. The van der Waals surface area contributed by atoms with Gasteiger partial charge >= 0.3 is 0 Å². The van der Waals surface area contributed by atoms with E-state index in [0.717, 1.165) is 49.4 Å². The van der Waals surface area contributed by atoms with Crippen LogP contribution in [0.5, 0.6) is 0 Å². The number of hydrogen-bond acceptors (Lipinski definition) is 4. The second-order valence-electron chi connectivity index (χ2n) is 7.78. The molecule has 2 atom stereocenters. The van der Waals surface area contributed by atoms with Gasteiger partial charge in [-0.3, -0.25) is 4.90 Å². The number of likely N-dealkylation sites (tertiary alicyclic amines) is 1. The van der Waals surface area contributed by atoms with Crippen LogP contribution in [-0.2, 0) is 6.54 Å². The molecule has 0 saturated carbocycles. The van der Waals surface area contributed by atoms with E-state index >= 15 is 0 Å². The van der Waals surface area contributed by atoms with E-state index < -0.39 is 6.10 Å². The number of hydrogen-bond donors (Lipinski definition) is 2. The van der Waals surface area contributed by atoms with E-state index in [4.69, 9.17) is 0 Å². The Bertz CT molecular complexity index is 743. The van der Waals surface area contributed by atoms with Crippen LogP contribution in [-0.4, -0.2) is 50.7 Å². The molecule has 1 aliphatic heterocycles. The average molecular weight is 357 g/mol. The van der Waals surface area contributed by atoms with Gasteiger partial charge in [-0.15, -0.1) is 0 Å². The normalized spacial score (nSPS) is 24.1. The van der Waals surface area contributed by atoms with E-state index in [1.807, 2.05) is 11.6 Å². The summed E-state index contributed by atoms with van der Waals surface area (Å²) in [5, 5.41) is 25.0. The topological polar surface area (TPSA) is 61.5 Å². The second-order valence-corrected chi connectivity index (χ2v) is 7.78. The molecule has 0 unspecified atom stereocenters. The summed E-state index contributed by atoms with van der Waals surface area (Å²) in [4.78, 5) is 2.29. The van der Waals surface area contributed by atoms with Gasteiger partial charge in [0.25, 0.3) is 0 Å². The number of nitrogens with zero attached hydrogens (tertiary/aromatic N) is 3. The summed E-state index contributed by atoms with van der Waals surface area (Å²) in [7, 11) is 0. The van der Waals surface area contributed by atoms with Crippen molar-refractivity contribution in [3.8, 4) is 5.69 Å². The lowest BCUT2D eigenvalue weighted by atomic mass is 9.73. The summed E-state index contributed by atoms with van der Waals surface area (Å²) < 4.78 is 1.97. The number of benzene rings is 1. The lowest BCUT2D eigenvalue weighted by Crippen LogP contribution is -2.52. The van der Waals surface area contributed by atoms with Crippen LogP contribution < -0.4 is 0 Å². The smallest absolute Gasteiger partial charge is 0.0745 e. The van der Waals surface area contributed by atoms with Gasteiger partial charge in [0, 0.05) is 24.2 Å². The zero-order valence-corrected chi connectivity index (χ0v) is 16.1. The van der Waals surface area contributed by atoms with Gasteiger partial charge in [0.2, 0.25) is 0 Å². The van der Waals surface area contributed by atoms with Crippen molar-refractivity contribution in [3.05, 3.63) is 47.3 Å². The number of β-amino-alcohol motifs (C(OH)–C–C–N with tert-alkyl or cyclic N) is 1. The first-order valence-corrected chi connectivity index (χ1v) is 9.61. The summed E-state index contributed by atoms with van der Waals surface area (Å²) in [6, 6.07) is 10.5. The molecule has 3 rings (SSSR count). The van der Waals surface area contributed by atoms with Gasteiger partial charge in [0.1, 0.15) is 0 Å². The first-order valence-electron chi connectivity index (χ1n) is 9.61. The molecule has 26 heavy (non-hydrogen) atoms. The molecule has 0 radical (unpaired) electrons. The van der Waals surface area contributed by atoms with E-state index in [1.54, 1.807) is 0 Å². The molecule has 5 heteroatoms. The zero-order chi connectivity index (χ0) is 18.7. The molecule has 1 aliphatic rings. The summed E-state index contributed by atoms with van der Waals surface area (Å²) in [5.74, 6) is 0. The molecule has 0 aliphatic carbocycles. The van der Waals surface area contributed by atoms with E-state index in [0.29, 0.717) is 6.54 Å². The molecule has 2 aromatic rings. The zero-order valence-electron chi connectivity index (χ0n) is 16.1. The highest BCUT2D eigenvalue weighted by atomic mass is 16.3. The maximum Gasteiger partial charge on any atom is 0.0745 e. The van der Waals surface area contributed by atoms with Crippen LogP contribution in [0.1, 0.15) is 43.1 Å². The fourth-order valence-electron chi connectivity index (χ4n) is 4.21. The maximum atomic E-state index is 10.7. The molecule has 1 fully saturated rings. The van der Waals surface area contributed by atoms with Crippen molar-refractivity contribution in [3.63, 3.8) is 0 Å². The number of piperidine rings is 1. The minimum absolute atomic E-state index is 0.0727. The fraction of sp³-hybridized carbons (Fsp3) is 0.571. The van der Waals surface area contributed by atoms with Crippen LogP contribution in [0.25, 0.3) is 5.69 Å². The molecule has 2 N–H and O–H groups in total. The Hall–Kier alpha value is -1.69. The molecule has 0 spiro atoms. The van der Waals surface area contributed by atoms with Gasteiger partial charge in [-0.05, 0) is 57.0 Å². The number of aryl methyl sites for hydroxylation is 2. The minimum Gasteiger partial charge on any atom is -0.396 e. The van der Waals surface area contributed by atoms with Crippen LogP contribution in [0.15, 0.2) is 30.3 Å². The molecular formula is C21H31N3O2. The highest BCUT2D eigenvalue weighted by Gasteiger charge is 2.40. The molecule has 1 aromatic heterocycles. The van der Waals surface area contributed by atoms with E-state index in [1.165, 1.54) is 5.56 Å². The lowest BCUT2D eigenvalue weighted by Gasteiger charge is -2.44. The molecule has 142 valence electrons. The monoisotopic (exact) mass is 357 g/mol. The van der Waals surface area contributed by atoms with Gasteiger partial charge in [-0.25, -0.2) is 4.68 Å². The summed E-state index contributed by atoms with van der Waals surface area (Å²) >= 11 is 0. The number of rotatable bonds is 6. The maximum absolute atomic E-state index is 10.7. The number of aliphatic hydroxyl groups excluding tert-OH is 2. The van der Waals surface area contributed by atoms with Gasteiger partial charge in [-0.2, -0.15) is 5.10 Å². The van der Waals surface area contributed by atoms with Crippen molar-refractivity contribution in [1.82, 2.24) is 14.7 Å². The summed E-state index contributed by atoms with van der Waals surface area (Å²) in [6.07, 6.45) is 2.24. The molecule has 0 bridgehead atoms. The van der Waals surface area contributed by atoms with Gasteiger partial charge in [0.15, 0.2) is 0 Å². The second kappa shape index (κ2) is 7.91. The summed E-state index contributed by atoms with van der Waals surface area (Å²) in [6.45, 7) is 8.58. The fourth-order valence-corrected chi connectivity index (χ4v) is 4.21. The third kappa shape index (κ3) is 3.85. The Morgan fingerprint density at radius 3 is 2.69 bits per heavy atom. The van der Waals surface area contributed by atoms with Gasteiger partial charge < -0.3 is 10.2 Å². The van der Waals surface area contributed by atoms with E-state index in [9.17, 15) is 10.2 Å². The average Bonchev–Trinajstić information content (AvgIpc) is 2.96. The predicted octanol–water partition coefficient (Wildman–Crippen LogP) is 2.83. The lowest BCUT2D eigenvalue weighted by molar-refractivity contribution is -0.0802. The highest BCUT2D eigenvalue weighted by molar-refractivity contribution is 5.37. The van der Waals surface area contributed by atoms with Crippen molar-refractivity contribution in [2.45, 2.75) is 52.7 Å². The number of aliphatic hydroxyl groups is 2. The Kier molecular flexibility index (Phi) is 5.80. The third-order valence-corrected chi connectivity index (χ3v) is 5.70. The third-order valence-electron chi connectivity index (χ3n) is 5.70. The van der Waals surface area contributed by atoms with E-state index in [2.05, 4.69) is 54.2 Å². The first kappa shape index (κ1) is 19.1. The van der Waals surface area contributed by atoms with Gasteiger partial charge in [0.05, 0.1) is 24.1 Å². The Morgan fingerprint density at radius 1 is 1.27 bits per heavy atom. The van der Waals surface area contributed by atoms with Crippen molar-refractivity contribution in [2.75, 3.05) is 19.7 Å². The molecular weight excluding hydrogens is 326 g/mol. The van der Waals surface area contributed by atoms with Crippen LogP contribution in [0.4, 0.5) is 0 Å². The molecule has 2 heterocycles. The van der Waals surface area contributed by atoms with Crippen molar-refractivity contribution in [1.29, 1.82) is 0 Å². The molecule has 1 saturated heterocycles. The highest BCUT2D eigenvalue weighted by Crippen LogP contribution is 2.36.